The molecule has 1 aliphatic heterocycles. The van der Waals surface area contributed by atoms with E-state index in [0.717, 1.165) is 42.3 Å². The molecule has 2 heterocycles. The second kappa shape index (κ2) is 11.0. The van der Waals surface area contributed by atoms with Crippen LogP contribution in [0.1, 0.15) is 23.6 Å². The fourth-order valence-electron chi connectivity index (χ4n) is 4.22. The molecule has 0 saturated carbocycles. The zero-order valence-corrected chi connectivity index (χ0v) is 19.4. The molecule has 0 fully saturated rings. The summed E-state index contributed by atoms with van der Waals surface area (Å²) in [6.45, 7) is 7.01. The van der Waals surface area contributed by atoms with Gasteiger partial charge >= 0.3 is 0 Å². The van der Waals surface area contributed by atoms with Crippen molar-refractivity contribution in [1.82, 2.24) is 19.6 Å². The maximum absolute atomic E-state index is 12.9. The molecular formula is C26H32N4O3. The van der Waals surface area contributed by atoms with Crippen molar-refractivity contribution in [2.24, 2.45) is 0 Å². The van der Waals surface area contributed by atoms with Crippen molar-refractivity contribution in [3.8, 4) is 11.5 Å². The molecule has 1 aliphatic rings. The van der Waals surface area contributed by atoms with Crippen LogP contribution < -0.4 is 9.47 Å². The minimum Gasteiger partial charge on any atom is -0.496 e. The number of benzene rings is 2. The van der Waals surface area contributed by atoms with E-state index in [2.05, 4.69) is 22.1 Å². The summed E-state index contributed by atoms with van der Waals surface area (Å²) in [6, 6.07) is 16.1. The first-order valence-electron chi connectivity index (χ1n) is 11.5. The Morgan fingerprint density at radius 3 is 2.73 bits per heavy atom. The summed E-state index contributed by atoms with van der Waals surface area (Å²) >= 11 is 0. The van der Waals surface area contributed by atoms with E-state index in [9.17, 15) is 4.79 Å². The standard InChI is InChI=1S/C26H32N4O3/c1-3-29-14-13-28(15-16-33-25-8-5-4-7-22(25)18-26(29)31)19-21-9-10-24(32-2)23(17-21)20-30-12-6-11-27-30/h4-12,17H,3,13-16,18-20H2,1-2H3. The van der Waals surface area contributed by atoms with Gasteiger partial charge in [-0.1, -0.05) is 24.3 Å². The fraction of sp³-hybridized carbons (Fsp3) is 0.385. The molecule has 3 aromatic rings. The van der Waals surface area contributed by atoms with Crippen LogP contribution in [-0.2, 0) is 24.3 Å². The van der Waals surface area contributed by atoms with Crippen LogP contribution in [0.5, 0.6) is 11.5 Å². The van der Waals surface area contributed by atoms with E-state index in [1.165, 1.54) is 5.56 Å². The molecule has 2 aromatic carbocycles. The minimum atomic E-state index is 0.140. The third kappa shape index (κ3) is 5.93. The number of methoxy groups -OCH3 is 1. The molecule has 4 rings (SSSR count). The highest BCUT2D eigenvalue weighted by molar-refractivity contribution is 5.79. The maximum atomic E-state index is 12.9. The highest BCUT2D eigenvalue weighted by Crippen LogP contribution is 2.23. The number of fused-ring (bicyclic) bond motifs is 1. The predicted octanol–water partition coefficient (Wildman–Crippen LogP) is 3.23. The van der Waals surface area contributed by atoms with E-state index in [4.69, 9.17) is 9.47 Å². The van der Waals surface area contributed by atoms with Crippen molar-refractivity contribution in [2.45, 2.75) is 26.4 Å². The summed E-state index contributed by atoms with van der Waals surface area (Å²) < 4.78 is 13.6. The zero-order chi connectivity index (χ0) is 23.0. The molecule has 0 N–H and O–H groups in total. The van der Waals surface area contributed by atoms with Gasteiger partial charge in [-0.15, -0.1) is 0 Å². The van der Waals surface area contributed by atoms with Gasteiger partial charge in [-0.2, -0.15) is 5.10 Å². The lowest BCUT2D eigenvalue weighted by Gasteiger charge is -2.27. The average molecular weight is 449 g/mol. The van der Waals surface area contributed by atoms with Crippen LogP contribution in [0.2, 0.25) is 0 Å². The Balaban J connectivity index is 1.51. The van der Waals surface area contributed by atoms with Gasteiger partial charge < -0.3 is 14.4 Å². The van der Waals surface area contributed by atoms with Gasteiger partial charge in [-0.05, 0) is 36.8 Å². The zero-order valence-electron chi connectivity index (χ0n) is 19.4. The van der Waals surface area contributed by atoms with E-state index < -0.39 is 0 Å². The van der Waals surface area contributed by atoms with Crippen LogP contribution >= 0.6 is 0 Å². The molecular weight excluding hydrogens is 416 g/mol. The second-order valence-electron chi connectivity index (χ2n) is 8.23. The molecule has 0 radical (unpaired) electrons. The lowest BCUT2D eigenvalue weighted by Crippen LogP contribution is -2.39. The molecule has 0 atom stereocenters. The number of aromatic nitrogens is 2. The largest absolute Gasteiger partial charge is 0.496 e. The van der Waals surface area contributed by atoms with E-state index in [-0.39, 0.29) is 5.91 Å². The molecule has 7 heteroatoms. The molecule has 1 amide bonds. The van der Waals surface area contributed by atoms with Gasteiger partial charge in [0.05, 0.1) is 20.1 Å². The Kier molecular flexibility index (Phi) is 7.62. The van der Waals surface area contributed by atoms with Crippen molar-refractivity contribution < 1.29 is 14.3 Å². The molecule has 0 unspecified atom stereocenters. The molecule has 0 aliphatic carbocycles. The number of carbonyl (C=O) groups excluding carboxylic acids is 1. The third-order valence-electron chi connectivity index (χ3n) is 6.04. The second-order valence-corrected chi connectivity index (χ2v) is 8.23. The number of hydrogen-bond donors (Lipinski definition) is 0. The van der Waals surface area contributed by atoms with Gasteiger partial charge in [-0.25, -0.2) is 0 Å². The number of likely N-dealkylation sites (N-methyl/N-ethyl adjacent to an activating group) is 1. The SMILES string of the molecule is CCN1CCN(Cc2ccc(OC)c(Cn3cccn3)c2)CCOc2ccccc2CC1=O. The van der Waals surface area contributed by atoms with Crippen molar-refractivity contribution in [3.63, 3.8) is 0 Å². The minimum absolute atomic E-state index is 0.140. The lowest BCUT2D eigenvalue weighted by molar-refractivity contribution is -0.130. The number of ether oxygens (including phenoxy) is 2. The molecule has 7 nitrogen and oxygen atoms in total. The highest BCUT2D eigenvalue weighted by Gasteiger charge is 2.18. The van der Waals surface area contributed by atoms with E-state index >= 15 is 0 Å². The summed E-state index contributed by atoms with van der Waals surface area (Å²) in [4.78, 5) is 17.2. The topological polar surface area (TPSA) is 59.8 Å². The molecule has 0 saturated heterocycles. The summed E-state index contributed by atoms with van der Waals surface area (Å²) in [7, 11) is 1.70. The highest BCUT2D eigenvalue weighted by atomic mass is 16.5. The maximum Gasteiger partial charge on any atom is 0.227 e. The van der Waals surface area contributed by atoms with Crippen LogP contribution in [-0.4, -0.2) is 65.4 Å². The first-order valence-corrected chi connectivity index (χ1v) is 11.5. The Bertz CT molecular complexity index is 1050. The lowest BCUT2D eigenvalue weighted by atomic mass is 10.1. The van der Waals surface area contributed by atoms with Crippen LogP contribution in [0.15, 0.2) is 60.9 Å². The van der Waals surface area contributed by atoms with E-state index in [1.807, 2.05) is 59.1 Å². The summed E-state index contributed by atoms with van der Waals surface area (Å²) in [5.74, 6) is 1.80. The summed E-state index contributed by atoms with van der Waals surface area (Å²) in [5.41, 5.74) is 3.24. The third-order valence-corrected chi connectivity index (χ3v) is 6.04. The van der Waals surface area contributed by atoms with Gasteiger partial charge in [0.15, 0.2) is 0 Å². The number of amides is 1. The first-order chi connectivity index (χ1) is 16.2. The van der Waals surface area contributed by atoms with Gasteiger partial charge in [0, 0.05) is 56.2 Å². The molecule has 174 valence electrons. The summed E-state index contributed by atoms with van der Waals surface area (Å²) in [6.07, 6.45) is 4.11. The van der Waals surface area contributed by atoms with Crippen molar-refractivity contribution in [1.29, 1.82) is 0 Å². The summed E-state index contributed by atoms with van der Waals surface area (Å²) in [5, 5.41) is 4.32. The smallest absolute Gasteiger partial charge is 0.227 e. The van der Waals surface area contributed by atoms with Crippen molar-refractivity contribution in [2.75, 3.05) is 39.9 Å². The Morgan fingerprint density at radius 2 is 1.94 bits per heavy atom. The van der Waals surface area contributed by atoms with Gasteiger partial charge in [0.25, 0.3) is 0 Å². The number of nitrogens with zero attached hydrogens (tertiary/aromatic N) is 4. The number of para-hydroxylation sites is 1. The molecule has 0 bridgehead atoms. The normalized spacial score (nSPS) is 15.5. The Morgan fingerprint density at radius 1 is 1.06 bits per heavy atom. The number of hydrogen-bond acceptors (Lipinski definition) is 5. The van der Waals surface area contributed by atoms with Crippen molar-refractivity contribution >= 4 is 5.91 Å². The van der Waals surface area contributed by atoms with Crippen LogP contribution in [0, 0.1) is 0 Å². The van der Waals surface area contributed by atoms with Crippen molar-refractivity contribution in [3.05, 3.63) is 77.6 Å². The average Bonchev–Trinajstić information content (AvgIpc) is 3.32. The number of carbonyl (C=O) groups is 1. The Labute approximate surface area is 195 Å². The predicted molar refractivity (Wildman–Crippen MR) is 127 cm³/mol. The van der Waals surface area contributed by atoms with Crippen LogP contribution in [0.25, 0.3) is 0 Å². The van der Waals surface area contributed by atoms with E-state index in [0.29, 0.717) is 32.7 Å². The first kappa shape index (κ1) is 22.9. The molecule has 0 spiro atoms. The van der Waals surface area contributed by atoms with Gasteiger partial charge in [0.1, 0.15) is 18.1 Å². The van der Waals surface area contributed by atoms with E-state index in [1.54, 1.807) is 13.3 Å². The van der Waals surface area contributed by atoms with Gasteiger partial charge in [0.2, 0.25) is 5.91 Å². The molecule has 33 heavy (non-hydrogen) atoms. The monoisotopic (exact) mass is 448 g/mol. The van der Waals surface area contributed by atoms with Crippen LogP contribution in [0.3, 0.4) is 0 Å². The number of rotatable bonds is 6. The fourth-order valence-corrected chi connectivity index (χ4v) is 4.22. The van der Waals surface area contributed by atoms with Gasteiger partial charge in [-0.3, -0.25) is 14.4 Å². The van der Waals surface area contributed by atoms with Crippen LogP contribution in [0.4, 0.5) is 0 Å². The Hall–Kier alpha value is -3.32. The molecule has 1 aromatic heterocycles. The quantitative estimate of drug-likeness (QED) is 0.580.